The zero-order valence-electron chi connectivity index (χ0n) is 18.5. The van der Waals surface area contributed by atoms with Crippen LogP contribution in [0.5, 0.6) is 0 Å². The van der Waals surface area contributed by atoms with E-state index < -0.39 is 5.60 Å². The van der Waals surface area contributed by atoms with Crippen molar-refractivity contribution in [2.24, 2.45) is 7.05 Å². The van der Waals surface area contributed by atoms with Gasteiger partial charge in [-0.2, -0.15) is 0 Å². The molecule has 3 heterocycles. The third-order valence-electron chi connectivity index (χ3n) is 6.22. The maximum atomic E-state index is 12.3. The highest BCUT2D eigenvalue weighted by atomic mass is 35.5. The number of nitrogens with zero attached hydrogens (tertiary/aromatic N) is 6. The van der Waals surface area contributed by atoms with E-state index in [1.165, 1.54) is 0 Å². The summed E-state index contributed by atoms with van der Waals surface area (Å²) >= 11 is 12.5. The van der Waals surface area contributed by atoms with Crippen molar-refractivity contribution < 1.29 is 5.11 Å². The topological polar surface area (TPSA) is 81.1 Å². The van der Waals surface area contributed by atoms with Crippen LogP contribution in [0.4, 0.5) is 0 Å². The smallest absolute Gasteiger partial charge is 0.255 e. The molecule has 0 fully saturated rings. The molecule has 35 heavy (non-hydrogen) atoms. The molecule has 3 aromatic heterocycles. The predicted octanol–water partition coefficient (Wildman–Crippen LogP) is 5.27. The number of aryl methyl sites for hydroxylation is 1. The Morgan fingerprint density at radius 2 is 1.69 bits per heavy atom. The lowest BCUT2D eigenvalue weighted by Crippen LogP contribution is -2.31. The van der Waals surface area contributed by atoms with Crippen LogP contribution in [0, 0.1) is 0 Å². The summed E-state index contributed by atoms with van der Waals surface area (Å²) in [6, 6.07) is 20.4. The van der Waals surface area contributed by atoms with E-state index in [4.69, 9.17) is 28.2 Å². The summed E-state index contributed by atoms with van der Waals surface area (Å²) < 4.78 is 3.62. The summed E-state index contributed by atoms with van der Waals surface area (Å²) in [5, 5.41) is 22.5. The molecule has 0 aliphatic heterocycles. The van der Waals surface area contributed by atoms with Crippen LogP contribution in [0.15, 0.2) is 85.6 Å². The largest absolute Gasteiger partial charge is 0.374 e. The second-order valence-corrected chi connectivity index (χ2v) is 9.18. The lowest BCUT2D eigenvalue weighted by Gasteiger charge is -2.30. The fourth-order valence-corrected chi connectivity index (χ4v) is 4.83. The summed E-state index contributed by atoms with van der Waals surface area (Å²) in [6.45, 7) is 0. The molecular formula is C26H18Cl2N6O. The number of benzene rings is 3. The highest BCUT2D eigenvalue weighted by Gasteiger charge is 2.37. The van der Waals surface area contributed by atoms with Crippen molar-refractivity contribution in [2.75, 3.05) is 0 Å². The molecule has 0 aliphatic carbocycles. The Morgan fingerprint density at radius 1 is 0.886 bits per heavy atom. The van der Waals surface area contributed by atoms with Crippen molar-refractivity contribution >= 4 is 39.9 Å². The number of aromatic nitrogens is 6. The first-order valence-corrected chi connectivity index (χ1v) is 11.6. The first kappa shape index (κ1) is 21.7. The van der Waals surface area contributed by atoms with Gasteiger partial charge in [-0.15, -0.1) is 10.2 Å². The molecule has 0 spiro atoms. The zero-order chi connectivity index (χ0) is 24.2. The SMILES string of the molecule is Cn1cncc1C(O)(c1ccc(Cl)cc1)c1ccc2c(c1)c(-c1cccc(Cl)c1)nc1nncn12. The van der Waals surface area contributed by atoms with Crippen LogP contribution in [0.3, 0.4) is 0 Å². The highest BCUT2D eigenvalue weighted by Crippen LogP contribution is 2.39. The first-order valence-electron chi connectivity index (χ1n) is 10.8. The molecule has 1 N–H and O–H groups in total. The fraction of sp³-hybridized carbons (Fsp3) is 0.0769. The average Bonchev–Trinajstić information content (AvgIpc) is 3.52. The molecule has 0 bridgehead atoms. The van der Waals surface area contributed by atoms with Gasteiger partial charge in [0.15, 0.2) is 5.60 Å². The second-order valence-electron chi connectivity index (χ2n) is 8.31. The number of hydrogen-bond donors (Lipinski definition) is 1. The Bertz CT molecular complexity index is 1710. The van der Waals surface area contributed by atoms with E-state index in [-0.39, 0.29) is 0 Å². The Balaban J connectivity index is 1.68. The number of rotatable bonds is 4. The van der Waals surface area contributed by atoms with Crippen molar-refractivity contribution in [1.29, 1.82) is 0 Å². The number of fused-ring (bicyclic) bond motifs is 3. The normalized spacial score (nSPS) is 13.4. The third-order valence-corrected chi connectivity index (χ3v) is 6.71. The number of aliphatic hydroxyl groups is 1. The molecule has 0 saturated carbocycles. The zero-order valence-corrected chi connectivity index (χ0v) is 20.0. The first-order chi connectivity index (χ1) is 16.9. The van der Waals surface area contributed by atoms with Crippen molar-refractivity contribution in [2.45, 2.75) is 5.60 Å². The molecule has 6 aromatic rings. The van der Waals surface area contributed by atoms with Crippen LogP contribution in [0.1, 0.15) is 16.8 Å². The van der Waals surface area contributed by atoms with Gasteiger partial charge in [0.1, 0.15) is 6.33 Å². The molecule has 3 aromatic carbocycles. The van der Waals surface area contributed by atoms with Gasteiger partial charge in [0.2, 0.25) is 0 Å². The predicted molar refractivity (Wildman–Crippen MR) is 135 cm³/mol. The summed E-state index contributed by atoms with van der Waals surface area (Å²) in [4.78, 5) is 9.03. The molecule has 1 atom stereocenters. The van der Waals surface area contributed by atoms with Gasteiger partial charge in [0.05, 0.1) is 29.4 Å². The second kappa shape index (κ2) is 8.16. The van der Waals surface area contributed by atoms with Crippen molar-refractivity contribution in [3.63, 3.8) is 0 Å². The van der Waals surface area contributed by atoms with Gasteiger partial charge < -0.3 is 9.67 Å². The molecule has 7 nitrogen and oxygen atoms in total. The molecule has 0 saturated heterocycles. The molecule has 6 rings (SSSR count). The summed E-state index contributed by atoms with van der Waals surface area (Å²) in [6.07, 6.45) is 4.95. The van der Waals surface area contributed by atoms with E-state index in [2.05, 4.69) is 15.2 Å². The van der Waals surface area contributed by atoms with Gasteiger partial charge in [-0.25, -0.2) is 9.97 Å². The van der Waals surface area contributed by atoms with Gasteiger partial charge in [0.25, 0.3) is 5.78 Å². The fourth-order valence-electron chi connectivity index (χ4n) is 4.51. The highest BCUT2D eigenvalue weighted by molar-refractivity contribution is 6.31. The average molecular weight is 501 g/mol. The standard InChI is InChI=1S/C26H18Cl2N6O/c1-33-14-29-13-23(33)26(35,17-5-8-19(27)9-6-17)18-7-10-22-21(12-18)24(16-3-2-4-20(28)11-16)31-25-32-30-15-34(22)25/h2-15,35H,1H3. The monoisotopic (exact) mass is 500 g/mol. The molecule has 1 unspecified atom stereocenters. The van der Waals surface area contributed by atoms with Crippen LogP contribution in [0.25, 0.3) is 27.9 Å². The molecule has 0 aliphatic rings. The minimum Gasteiger partial charge on any atom is -0.374 e. The molecule has 0 amide bonds. The maximum Gasteiger partial charge on any atom is 0.255 e. The van der Waals surface area contributed by atoms with E-state index in [0.29, 0.717) is 38.3 Å². The van der Waals surface area contributed by atoms with Crippen LogP contribution >= 0.6 is 23.2 Å². The van der Waals surface area contributed by atoms with Gasteiger partial charge in [-0.05, 0) is 47.5 Å². The lowest BCUT2D eigenvalue weighted by molar-refractivity contribution is 0.117. The lowest BCUT2D eigenvalue weighted by atomic mass is 9.83. The minimum absolute atomic E-state index is 0.472. The third kappa shape index (κ3) is 3.47. The van der Waals surface area contributed by atoms with Gasteiger partial charge in [0, 0.05) is 28.0 Å². The van der Waals surface area contributed by atoms with Crippen LogP contribution in [-0.2, 0) is 12.6 Å². The van der Waals surface area contributed by atoms with Crippen molar-refractivity contribution in [3.05, 3.63) is 112 Å². The van der Waals surface area contributed by atoms with Crippen molar-refractivity contribution in [1.82, 2.24) is 29.1 Å². The van der Waals surface area contributed by atoms with Crippen LogP contribution < -0.4 is 0 Å². The molecule has 0 radical (unpaired) electrons. The number of hydrogen-bond acceptors (Lipinski definition) is 5. The van der Waals surface area contributed by atoms with Crippen LogP contribution in [-0.4, -0.2) is 34.2 Å². The molecule has 172 valence electrons. The Kier molecular flexibility index (Phi) is 5.07. The van der Waals surface area contributed by atoms with E-state index in [9.17, 15) is 5.11 Å². The van der Waals surface area contributed by atoms with E-state index in [1.807, 2.05) is 66.0 Å². The summed E-state index contributed by atoms with van der Waals surface area (Å²) in [5.74, 6) is 0.472. The van der Waals surface area contributed by atoms with E-state index >= 15 is 0 Å². The quantitative estimate of drug-likeness (QED) is 0.356. The summed E-state index contributed by atoms with van der Waals surface area (Å²) in [7, 11) is 1.85. The number of imidazole rings is 1. The van der Waals surface area contributed by atoms with Gasteiger partial charge >= 0.3 is 0 Å². The summed E-state index contributed by atoms with van der Waals surface area (Å²) in [5.41, 5.74) is 2.79. The van der Waals surface area contributed by atoms with Crippen LogP contribution in [0.2, 0.25) is 10.0 Å². The Hall–Kier alpha value is -3.78. The van der Waals surface area contributed by atoms with Crippen molar-refractivity contribution in [3.8, 4) is 11.3 Å². The minimum atomic E-state index is -1.50. The molecular weight excluding hydrogens is 483 g/mol. The maximum absolute atomic E-state index is 12.3. The van der Waals surface area contributed by atoms with Gasteiger partial charge in [-0.3, -0.25) is 4.40 Å². The molecule has 9 heteroatoms. The van der Waals surface area contributed by atoms with E-state index in [0.717, 1.165) is 16.5 Å². The van der Waals surface area contributed by atoms with Gasteiger partial charge in [-0.1, -0.05) is 53.5 Å². The Morgan fingerprint density at radius 3 is 2.43 bits per heavy atom. The van der Waals surface area contributed by atoms with E-state index in [1.54, 1.807) is 35.6 Å². The Labute approximate surface area is 210 Å². The number of halogens is 2.